The Morgan fingerprint density at radius 1 is 1.43 bits per heavy atom. The van der Waals surface area contributed by atoms with Gasteiger partial charge in [-0.15, -0.1) is 10.2 Å². The van der Waals surface area contributed by atoms with Crippen molar-refractivity contribution in [2.75, 3.05) is 0 Å². The van der Waals surface area contributed by atoms with Crippen molar-refractivity contribution < 1.29 is 18.4 Å². The number of amidine groups is 1. The fourth-order valence-electron chi connectivity index (χ4n) is 1.57. The number of hydrogen-bond donors (Lipinski definition) is 2. The number of benzene rings is 1. The van der Waals surface area contributed by atoms with Gasteiger partial charge in [0.25, 0.3) is 0 Å². The second-order valence-corrected chi connectivity index (χ2v) is 5.06. The van der Waals surface area contributed by atoms with Crippen LogP contribution in [-0.4, -0.2) is 25.8 Å². The molecule has 0 saturated carbocycles. The molecule has 0 bridgehead atoms. The first-order valence-corrected chi connectivity index (χ1v) is 6.35. The quantitative estimate of drug-likeness (QED) is 0.391. The normalized spacial score (nSPS) is 12.7. The maximum atomic E-state index is 12.9. The molecular weight excluding hydrogens is 307 g/mol. The molecule has 0 atom stereocenters. The molecule has 0 saturated heterocycles. The SMILES string of the molecule is Cn1cnnc1Sc1ccc(C(F)(F)F)c(/C(N)=N/O)c1. The highest BCUT2D eigenvalue weighted by atomic mass is 32.2. The fraction of sp³-hybridized carbons (Fsp3) is 0.182. The van der Waals surface area contributed by atoms with Crippen LogP contribution in [0.5, 0.6) is 0 Å². The molecule has 0 radical (unpaired) electrons. The molecule has 1 heterocycles. The minimum Gasteiger partial charge on any atom is -0.409 e. The van der Waals surface area contributed by atoms with Gasteiger partial charge in [0.05, 0.1) is 5.56 Å². The lowest BCUT2D eigenvalue weighted by atomic mass is 10.1. The van der Waals surface area contributed by atoms with Gasteiger partial charge in [-0.1, -0.05) is 5.16 Å². The highest BCUT2D eigenvalue weighted by Crippen LogP contribution is 2.35. The second-order valence-electron chi connectivity index (χ2n) is 4.02. The summed E-state index contributed by atoms with van der Waals surface area (Å²) in [7, 11) is 1.71. The van der Waals surface area contributed by atoms with Gasteiger partial charge >= 0.3 is 6.18 Å². The standard InChI is InChI=1S/C11H10F3N5OS/c1-19-5-16-17-10(19)21-6-2-3-8(11(12,13)14)7(4-6)9(15)18-20/h2-5,20H,1H3,(H2,15,18). The zero-order valence-electron chi connectivity index (χ0n) is 10.7. The van der Waals surface area contributed by atoms with Gasteiger partial charge in [-0.05, 0) is 30.0 Å². The maximum absolute atomic E-state index is 12.9. The van der Waals surface area contributed by atoms with Crippen molar-refractivity contribution in [3.05, 3.63) is 35.7 Å². The largest absolute Gasteiger partial charge is 0.417 e. The molecule has 1 aromatic heterocycles. The highest BCUT2D eigenvalue weighted by Gasteiger charge is 2.34. The van der Waals surface area contributed by atoms with E-state index in [1.165, 1.54) is 18.5 Å². The maximum Gasteiger partial charge on any atom is 0.417 e. The summed E-state index contributed by atoms with van der Waals surface area (Å²) in [6, 6.07) is 3.36. The Hall–Kier alpha value is -2.23. The summed E-state index contributed by atoms with van der Waals surface area (Å²) >= 11 is 1.11. The van der Waals surface area contributed by atoms with E-state index in [-0.39, 0.29) is 0 Å². The summed E-state index contributed by atoms with van der Waals surface area (Å²) in [4.78, 5) is 0.459. The summed E-state index contributed by atoms with van der Waals surface area (Å²) < 4.78 is 40.3. The van der Waals surface area contributed by atoms with Gasteiger partial charge < -0.3 is 15.5 Å². The van der Waals surface area contributed by atoms with Gasteiger partial charge in [0.2, 0.25) is 0 Å². The van der Waals surface area contributed by atoms with E-state index in [1.807, 2.05) is 0 Å². The molecule has 0 fully saturated rings. The predicted molar refractivity (Wildman–Crippen MR) is 69.1 cm³/mol. The van der Waals surface area contributed by atoms with Crippen LogP contribution in [0.1, 0.15) is 11.1 Å². The topological polar surface area (TPSA) is 89.3 Å². The Kier molecular flexibility index (Phi) is 4.07. The van der Waals surface area contributed by atoms with Crippen LogP contribution in [0.15, 0.2) is 39.7 Å². The minimum absolute atomic E-state index is 0.392. The average molecular weight is 317 g/mol. The van der Waals surface area contributed by atoms with Crippen molar-refractivity contribution in [2.45, 2.75) is 16.2 Å². The number of rotatable bonds is 3. The van der Waals surface area contributed by atoms with Crippen molar-refractivity contribution in [3.63, 3.8) is 0 Å². The number of halogens is 3. The number of hydrogen-bond acceptors (Lipinski definition) is 5. The lowest BCUT2D eigenvalue weighted by molar-refractivity contribution is -0.137. The minimum atomic E-state index is -4.60. The number of oxime groups is 1. The van der Waals surface area contributed by atoms with Crippen LogP contribution in [0.25, 0.3) is 0 Å². The summed E-state index contributed by atoms with van der Waals surface area (Å²) in [5.74, 6) is -0.609. The summed E-state index contributed by atoms with van der Waals surface area (Å²) in [5, 5.41) is 19.3. The molecule has 0 spiro atoms. The van der Waals surface area contributed by atoms with Crippen LogP contribution >= 0.6 is 11.8 Å². The first kappa shape index (κ1) is 15.2. The van der Waals surface area contributed by atoms with Crippen molar-refractivity contribution in [2.24, 2.45) is 17.9 Å². The third kappa shape index (κ3) is 3.27. The Bertz CT molecular complexity index is 683. The van der Waals surface area contributed by atoms with E-state index in [1.54, 1.807) is 11.6 Å². The molecule has 21 heavy (non-hydrogen) atoms. The summed E-state index contributed by atoms with van der Waals surface area (Å²) in [5.41, 5.74) is 3.96. The molecule has 0 unspecified atom stereocenters. The van der Waals surface area contributed by atoms with E-state index in [0.29, 0.717) is 10.1 Å². The number of aryl methyl sites for hydroxylation is 1. The molecule has 1 aromatic carbocycles. The first-order chi connectivity index (χ1) is 9.82. The lowest BCUT2D eigenvalue weighted by Crippen LogP contribution is -2.20. The van der Waals surface area contributed by atoms with Gasteiger partial charge in [-0.25, -0.2) is 0 Å². The van der Waals surface area contributed by atoms with Crippen LogP contribution in [0.4, 0.5) is 13.2 Å². The van der Waals surface area contributed by atoms with E-state index < -0.39 is 23.1 Å². The molecule has 0 aliphatic rings. The molecule has 6 nitrogen and oxygen atoms in total. The summed E-state index contributed by atoms with van der Waals surface area (Å²) in [6.45, 7) is 0. The van der Waals surface area contributed by atoms with Crippen LogP contribution < -0.4 is 5.73 Å². The molecule has 10 heteroatoms. The Labute approximate surface area is 121 Å². The van der Waals surface area contributed by atoms with E-state index in [2.05, 4.69) is 15.4 Å². The van der Waals surface area contributed by atoms with Crippen molar-refractivity contribution in [3.8, 4) is 0 Å². The van der Waals surface area contributed by atoms with E-state index in [9.17, 15) is 13.2 Å². The third-order valence-electron chi connectivity index (χ3n) is 2.56. The lowest BCUT2D eigenvalue weighted by Gasteiger charge is -2.13. The van der Waals surface area contributed by atoms with E-state index in [4.69, 9.17) is 10.9 Å². The zero-order valence-corrected chi connectivity index (χ0v) is 11.5. The monoisotopic (exact) mass is 317 g/mol. The van der Waals surface area contributed by atoms with E-state index >= 15 is 0 Å². The van der Waals surface area contributed by atoms with Crippen molar-refractivity contribution >= 4 is 17.6 Å². The van der Waals surface area contributed by atoms with Gasteiger partial charge in [0.1, 0.15) is 6.33 Å². The highest BCUT2D eigenvalue weighted by molar-refractivity contribution is 7.99. The van der Waals surface area contributed by atoms with Crippen LogP contribution in [0.2, 0.25) is 0 Å². The predicted octanol–water partition coefficient (Wildman–Crippen LogP) is 2.08. The van der Waals surface area contributed by atoms with Crippen LogP contribution in [-0.2, 0) is 13.2 Å². The van der Waals surface area contributed by atoms with Crippen molar-refractivity contribution in [1.29, 1.82) is 0 Å². The van der Waals surface area contributed by atoms with Crippen LogP contribution in [0.3, 0.4) is 0 Å². The smallest absolute Gasteiger partial charge is 0.409 e. The van der Waals surface area contributed by atoms with Gasteiger partial charge in [-0.3, -0.25) is 0 Å². The number of aromatic nitrogens is 3. The summed E-state index contributed by atoms with van der Waals surface area (Å²) in [6.07, 6.45) is -3.13. The molecule has 0 amide bonds. The van der Waals surface area contributed by atoms with E-state index in [0.717, 1.165) is 17.8 Å². The zero-order chi connectivity index (χ0) is 15.6. The molecule has 0 aliphatic heterocycles. The molecule has 3 N–H and O–H groups in total. The van der Waals surface area contributed by atoms with Gasteiger partial charge in [0.15, 0.2) is 11.0 Å². The molecule has 2 aromatic rings. The third-order valence-corrected chi connectivity index (χ3v) is 3.60. The number of nitrogens with zero attached hydrogens (tertiary/aromatic N) is 4. The fourth-order valence-corrected chi connectivity index (χ4v) is 2.37. The van der Waals surface area contributed by atoms with Crippen molar-refractivity contribution in [1.82, 2.24) is 14.8 Å². The molecule has 0 aliphatic carbocycles. The average Bonchev–Trinajstić information content (AvgIpc) is 2.82. The molecule has 112 valence electrons. The van der Waals surface area contributed by atoms with Gasteiger partial charge in [-0.2, -0.15) is 13.2 Å². The second kappa shape index (κ2) is 5.64. The van der Waals surface area contributed by atoms with Crippen LogP contribution in [0, 0.1) is 0 Å². The first-order valence-electron chi connectivity index (χ1n) is 5.54. The number of nitrogens with two attached hydrogens (primary N) is 1. The van der Waals surface area contributed by atoms with Gasteiger partial charge in [0, 0.05) is 17.5 Å². The molecular formula is C11H10F3N5OS. The molecule has 2 rings (SSSR count). The Balaban J connectivity index is 2.45. The Morgan fingerprint density at radius 3 is 2.67 bits per heavy atom. The number of alkyl halides is 3. The Morgan fingerprint density at radius 2 is 2.14 bits per heavy atom.